The zero-order chi connectivity index (χ0) is 14.2. The van der Waals surface area contributed by atoms with Gasteiger partial charge in [0.15, 0.2) is 0 Å². The molecule has 1 aliphatic carbocycles. The van der Waals surface area contributed by atoms with E-state index in [1.165, 1.54) is 25.0 Å². The quantitative estimate of drug-likeness (QED) is 0.921. The normalized spacial score (nSPS) is 24.9. The van der Waals surface area contributed by atoms with E-state index in [1.807, 2.05) is 0 Å². The second kappa shape index (κ2) is 5.49. The van der Waals surface area contributed by atoms with Crippen LogP contribution in [0.25, 0.3) is 0 Å². The molecule has 1 aliphatic heterocycles. The lowest BCUT2D eigenvalue weighted by Crippen LogP contribution is -2.46. The van der Waals surface area contributed by atoms with Crippen molar-refractivity contribution in [3.8, 4) is 0 Å². The van der Waals surface area contributed by atoms with Gasteiger partial charge in [0, 0.05) is 17.9 Å². The van der Waals surface area contributed by atoms with Crippen molar-refractivity contribution in [2.24, 2.45) is 0 Å². The van der Waals surface area contributed by atoms with Crippen LogP contribution in [-0.2, 0) is 24.2 Å². The molecule has 1 atom stereocenters. The fraction of sp³-hybridized carbons (Fsp3) is 0.812. The first-order chi connectivity index (χ1) is 9.73. The summed E-state index contributed by atoms with van der Waals surface area (Å²) < 4.78 is 8.24. The summed E-state index contributed by atoms with van der Waals surface area (Å²) in [6.45, 7) is 5.23. The molecule has 1 unspecified atom stereocenters. The number of nitrogens with zero attached hydrogens (tertiary/aromatic N) is 2. The third-order valence-electron chi connectivity index (χ3n) is 5.11. The Kier molecular flexibility index (Phi) is 3.87. The molecule has 1 aromatic rings. The van der Waals surface area contributed by atoms with Gasteiger partial charge in [0.05, 0.1) is 23.9 Å². The Morgan fingerprint density at radius 1 is 1.35 bits per heavy atom. The van der Waals surface area contributed by atoms with Gasteiger partial charge in [-0.05, 0) is 44.9 Å². The van der Waals surface area contributed by atoms with Crippen molar-refractivity contribution in [2.75, 3.05) is 6.61 Å². The van der Waals surface area contributed by atoms with Gasteiger partial charge < -0.3 is 9.84 Å². The Balaban J connectivity index is 1.90. The number of aromatic nitrogens is 2. The number of ether oxygens (including phenoxy) is 1. The molecule has 2 fully saturated rings. The molecular formula is C16H26N2O2. The van der Waals surface area contributed by atoms with Crippen LogP contribution < -0.4 is 0 Å². The van der Waals surface area contributed by atoms with Crippen LogP contribution in [0, 0.1) is 0 Å². The lowest BCUT2D eigenvalue weighted by atomic mass is 9.74. The van der Waals surface area contributed by atoms with Crippen LogP contribution in [0.15, 0.2) is 0 Å². The van der Waals surface area contributed by atoms with Gasteiger partial charge in [-0.25, -0.2) is 0 Å². The van der Waals surface area contributed by atoms with Crippen molar-refractivity contribution in [3.05, 3.63) is 17.0 Å². The van der Waals surface area contributed by atoms with E-state index in [0.717, 1.165) is 43.5 Å². The van der Waals surface area contributed by atoms with Crippen LogP contribution in [-0.4, -0.2) is 27.1 Å². The van der Waals surface area contributed by atoms with Crippen LogP contribution in [0.2, 0.25) is 0 Å². The molecule has 1 N–H and O–H groups in total. The molecule has 1 saturated carbocycles. The molecule has 4 nitrogen and oxygen atoms in total. The van der Waals surface area contributed by atoms with Crippen molar-refractivity contribution in [2.45, 2.75) is 77.0 Å². The van der Waals surface area contributed by atoms with Gasteiger partial charge in [-0.1, -0.05) is 13.8 Å². The van der Waals surface area contributed by atoms with E-state index < -0.39 is 0 Å². The highest BCUT2D eigenvalue weighted by Gasteiger charge is 2.43. The summed E-state index contributed by atoms with van der Waals surface area (Å²) in [5.41, 5.74) is 3.50. The molecule has 0 bridgehead atoms. The molecule has 0 radical (unpaired) electrons. The van der Waals surface area contributed by atoms with E-state index in [4.69, 9.17) is 9.84 Å². The van der Waals surface area contributed by atoms with Gasteiger partial charge in [-0.15, -0.1) is 0 Å². The number of aliphatic hydroxyl groups excluding tert-OH is 1. The lowest BCUT2D eigenvalue weighted by Gasteiger charge is -2.47. The van der Waals surface area contributed by atoms with E-state index in [-0.39, 0.29) is 12.2 Å². The zero-order valence-electron chi connectivity index (χ0n) is 12.7. The first-order valence-corrected chi connectivity index (χ1v) is 8.07. The van der Waals surface area contributed by atoms with Crippen molar-refractivity contribution >= 4 is 0 Å². The number of aliphatic hydroxyl groups is 1. The van der Waals surface area contributed by atoms with Crippen molar-refractivity contribution < 1.29 is 9.84 Å². The molecule has 112 valence electrons. The molecule has 20 heavy (non-hydrogen) atoms. The van der Waals surface area contributed by atoms with Crippen LogP contribution in [0.5, 0.6) is 0 Å². The molecule has 2 heterocycles. The van der Waals surface area contributed by atoms with Gasteiger partial charge in [-0.3, -0.25) is 4.68 Å². The van der Waals surface area contributed by atoms with Crippen LogP contribution in [0.3, 0.4) is 0 Å². The summed E-state index contributed by atoms with van der Waals surface area (Å²) in [6.07, 6.45) is 7.69. The number of hydrogen-bond donors (Lipinski definition) is 1. The summed E-state index contributed by atoms with van der Waals surface area (Å²) >= 11 is 0. The maximum absolute atomic E-state index is 9.66. The van der Waals surface area contributed by atoms with Crippen molar-refractivity contribution in [1.82, 2.24) is 9.78 Å². The van der Waals surface area contributed by atoms with Crippen LogP contribution >= 0.6 is 0 Å². The van der Waals surface area contributed by atoms with Gasteiger partial charge in [-0.2, -0.15) is 5.10 Å². The molecule has 1 aromatic heterocycles. The number of hydrogen-bond acceptors (Lipinski definition) is 3. The minimum Gasteiger partial charge on any atom is -0.392 e. The van der Waals surface area contributed by atoms with Crippen molar-refractivity contribution in [1.29, 1.82) is 0 Å². The van der Waals surface area contributed by atoms with Crippen LogP contribution in [0.1, 0.15) is 68.9 Å². The number of rotatable bonds is 4. The molecule has 1 saturated heterocycles. The van der Waals surface area contributed by atoms with Gasteiger partial charge in [0.1, 0.15) is 0 Å². The van der Waals surface area contributed by atoms with Crippen molar-refractivity contribution in [3.63, 3.8) is 0 Å². The predicted octanol–water partition coefficient (Wildman–Crippen LogP) is 2.77. The van der Waals surface area contributed by atoms with E-state index in [0.29, 0.717) is 6.04 Å². The van der Waals surface area contributed by atoms with E-state index in [2.05, 4.69) is 18.5 Å². The average molecular weight is 278 g/mol. The van der Waals surface area contributed by atoms with Gasteiger partial charge in [0.25, 0.3) is 0 Å². The average Bonchev–Trinajstić information content (AvgIpc) is 2.83. The minimum atomic E-state index is 0.112. The lowest BCUT2D eigenvalue weighted by molar-refractivity contribution is -0.141. The second-order valence-corrected chi connectivity index (χ2v) is 6.21. The standard InChI is InChI=1S/C16H26N2O2/c1-3-14-13(11-19)15(4-2)18(17-14)12-6-9-20-16(10-12)7-5-8-16/h12,19H,3-11H2,1-2H3. The Morgan fingerprint density at radius 2 is 2.15 bits per heavy atom. The fourth-order valence-electron chi connectivity index (χ4n) is 3.83. The summed E-state index contributed by atoms with van der Waals surface area (Å²) in [6, 6.07) is 0.449. The Morgan fingerprint density at radius 3 is 2.70 bits per heavy atom. The largest absolute Gasteiger partial charge is 0.392 e. The fourth-order valence-corrected chi connectivity index (χ4v) is 3.83. The molecular weight excluding hydrogens is 252 g/mol. The van der Waals surface area contributed by atoms with E-state index in [9.17, 15) is 5.11 Å². The molecule has 1 spiro atoms. The second-order valence-electron chi connectivity index (χ2n) is 6.21. The Hall–Kier alpha value is -0.870. The summed E-state index contributed by atoms with van der Waals surface area (Å²) in [4.78, 5) is 0. The first kappa shape index (κ1) is 14.1. The molecule has 0 amide bonds. The maximum Gasteiger partial charge on any atom is 0.0718 e. The highest BCUT2D eigenvalue weighted by Crippen LogP contribution is 2.46. The molecule has 3 rings (SSSR count). The highest BCUT2D eigenvalue weighted by atomic mass is 16.5. The predicted molar refractivity (Wildman–Crippen MR) is 77.7 cm³/mol. The topological polar surface area (TPSA) is 47.3 Å². The molecule has 4 heteroatoms. The SMILES string of the molecule is CCc1nn(C2CCOC3(CCC3)C2)c(CC)c1CO. The summed E-state index contributed by atoms with van der Waals surface area (Å²) in [5.74, 6) is 0. The molecule has 2 aliphatic rings. The van der Waals surface area contributed by atoms with Crippen LogP contribution in [0.4, 0.5) is 0 Å². The molecule has 0 aromatic carbocycles. The monoisotopic (exact) mass is 278 g/mol. The first-order valence-electron chi connectivity index (χ1n) is 8.07. The highest BCUT2D eigenvalue weighted by molar-refractivity contribution is 5.26. The maximum atomic E-state index is 9.66. The Labute approximate surface area is 121 Å². The third kappa shape index (κ3) is 2.19. The summed E-state index contributed by atoms with van der Waals surface area (Å²) in [5, 5.41) is 14.5. The summed E-state index contributed by atoms with van der Waals surface area (Å²) in [7, 11) is 0. The van der Waals surface area contributed by atoms with Gasteiger partial charge in [0.2, 0.25) is 0 Å². The third-order valence-corrected chi connectivity index (χ3v) is 5.11. The smallest absolute Gasteiger partial charge is 0.0718 e. The minimum absolute atomic E-state index is 0.112. The number of aryl methyl sites for hydroxylation is 1. The Bertz CT molecular complexity index is 477. The zero-order valence-corrected chi connectivity index (χ0v) is 12.7. The van der Waals surface area contributed by atoms with Gasteiger partial charge >= 0.3 is 0 Å². The van der Waals surface area contributed by atoms with E-state index >= 15 is 0 Å². The van der Waals surface area contributed by atoms with E-state index in [1.54, 1.807) is 0 Å².